The van der Waals surface area contributed by atoms with Crippen LogP contribution in [0.25, 0.3) is 11.4 Å². The van der Waals surface area contributed by atoms with Gasteiger partial charge in [0.2, 0.25) is 0 Å². The third-order valence-electron chi connectivity index (χ3n) is 6.38. The molecule has 0 atom stereocenters. The summed E-state index contributed by atoms with van der Waals surface area (Å²) in [6.07, 6.45) is -9.83. The maximum absolute atomic E-state index is 15.1. The highest BCUT2D eigenvalue weighted by Crippen LogP contribution is 2.46. The second-order valence-corrected chi connectivity index (χ2v) is 12.5. The standard InChI is InChI=1S/C28H20Cl2F8N4O4S2/c1-5-45-25(43)19-23(11(3)41(39-19)21-15(29)7-13(9-17(21)31)27(33,34)35)47-48-24-12(4)42(40-20(24)26(44)46-6-2)22-16(30)8-14(10-18(22)32)28(36,37)38/h7-10H,5-6H2,1-4H3. The highest BCUT2D eigenvalue weighted by Gasteiger charge is 2.35. The molecule has 0 saturated carbocycles. The summed E-state index contributed by atoms with van der Waals surface area (Å²) >= 11 is 12.1. The number of hydrogen-bond acceptors (Lipinski definition) is 8. The smallest absolute Gasteiger partial charge is 0.416 e. The van der Waals surface area contributed by atoms with Gasteiger partial charge in [-0.3, -0.25) is 0 Å². The van der Waals surface area contributed by atoms with Crippen LogP contribution in [0.15, 0.2) is 34.1 Å². The molecule has 0 amide bonds. The summed E-state index contributed by atoms with van der Waals surface area (Å²) in [7, 11) is 1.51. The van der Waals surface area contributed by atoms with Gasteiger partial charge in [0.25, 0.3) is 0 Å². The van der Waals surface area contributed by atoms with Gasteiger partial charge in [-0.05, 0) is 73.5 Å². The van der Waals surface area contributed by atoms with Crippen molar-refractivity contribution < 1.29 is 54.2 Å². The quantitative estimate of drug-likeness (QED) is 0.0947. The predicted octanol–water partition coefficient (Wildman–Crippen LogP) is 9.45. The lowest BCUT2D eigenvalue weighted by molar-refractivity contribution is -0.138. The van der Waals surface area contributed by atoms with Crippen LogP contribution in [0.1, 0.15) is 57.3 Å². The van der Waals surface area contributed by atoms with E-state index in [-0.39, 0.29) is 46.5 Å². The Morgan fingerprint density at radius 2 is 1.04 bits per heavy atom. The van der Waals surface area contributed by atoms with Gasteiger partial charge in [-0.2, -0.15) is 36.5 Å². The van der Waals surface area contributed by atoms with Gasteiger partial charge in [0, 0.05) is 0 Å². The van der Waals surface area contributed by atoms with E-state index in [1.54, 1.807) is 0 Å². The van der Waals surface area contributed by atoms with E-state index in [0.717, 1.165) is 31.0 Å². The molecule has 0 saturated heterocycles. The first-order valence-corrected chi connectivity index (χ1v) is 16.2. The summed E-state index contributed by atoms with van der Waals surface area (Å²) in [5.74, 6) is -4.81. The van der Waals surface area contributed by atoms with Gasteiger partial charge in [0.15, 0.2) is 23.0 Å². The van der Waals surface area contributed by atoms with E-state index in [1.165, 1.54) is 27.7 Å². The number of halogens is 10. The molecule has 0 radical (unpaired) electrons. The van der Waals surface area contributed by atoms with E-state index in [1.807, 2.05) is 0 Å². The zero-order chi connectivity index (χ0) is 35.9. The Morgan fingerprint density at radius 3 is 1.31 bits per heavy atom. The van der Waals surface area contributed by atoms with Crippen LogP contribution in [0.3, 0.4) is 0 Å². The number of carbonyl (C=O) groups excluding carboxylic acids is 2. The molecule has 0 aliphatic heterocycles. The maximum atomic E-state index is 15.1. The Balaban J connectivity index is 1.85. The summed E-state index contributed by atoms with van der Waals surface area (Å²) in [6.45, 7) is 5.46. The fourth-order valence-electron chi connectivity index (χ4n) is 4.22. The molecule has 20 heteroatoms. The molecule has 0 N–H and O–H groups in total. The van der Waals surface area contributed by atoms with Gasteiger partial charge in [0.05, 0.1) is 55.6 Å². The van der Waals surface area contributed by atoms with Crippen molar-refractivity contribution in [1.29, 1.82) is 0 Å². The Hall–Kier alpha value is -3.48. The van der Waals surface area contributed by atoms with E-state index in [4.69, 9.17) is 32.7 Å². The van der Waals surface area contributed by atoms with Crippen LogP contribution in [-0.4, -0.2) is 44.7 Å². The van der Waals surface area contributed by atoms with E-state index in [9.17, 15) is 35.9 Å². The molecule has 48 heavy (non-hydrogen) atoms. The van der Waals surface area contributed by atoms with Crippen LogP contribution < -0.4 is 0 Å². The number of rotatable bonds is 9. The monoisotopic (exact) mass is 762 g/mol. The third-order valence-corrected chi connectivity index (χ3v) is 9.60. The average Bonchev–Trinajstić information content (AvgIpc) is 3.46. The first kappa shape index (κ1) is 37.3. The molecule has 2 aromatic heterocycles. The Kier molecular flexibility index (Phi) is 11.0. The van der Waals surface area contributed by atoms with Crippen LogP contribution >= 0.6 is 44.8 Å². The SMILES string of the molecule is CCOC(=O)c1nn(-c2c(F)cc(C(F)(F)F)cc2Cl)c(C)c1SSc1c(C(=O)OCC)nn(-c2c(F)cc(C(F)(F)F)cc2Cl)c1C. The number of benzene rings is 2. The minimum atomic E-state index is -4.91. The number of aromatic nitrogens is 4. The second kappa shape index (κ2) is 14.2. The van der Waals surface area contributed by atoms with Crippen molar-refractivity contribution >= 4 is 56.7 Å². The molecule has 0 fully saturated rings. The van der Waals surface area contributed by atoms with Crippen LogP contribution in [-0.2, 0) is 21.8 Å². The molecule has 0 bridgehead atoms. The minimum absolute atomic E-state index is 0.00508. The van der Waals surface area contributed by atoms with Crippen molar-refractivity contribution in [2.45, 2.75) is 49.8 Å². The van der Waals surface area contributed by atoms with Crippen molar-refractivity contribution in [3.05, 3.63) is 79.8 Å². The Morgan fingerprint density at radius 1 is 0.708 bits per heavy atom. The molecule has 4 aromatic rings. The summed E-state index contributed by atoms with van der Waals surface area (Å²) in [5.41, 5.74) is -4.72. The summed E-state index contributed by atoms with van der Waals surface area (Å²) in [5, 5.41) is 6.78. The third kappa shape index (κ3) is 7.40. The first-order valence-electron chi connectivity index (χ1n) is 13.3. The fraction of sp³-hybridized carbons (Fsp3) is 0.286. The van der Waals surface area contributed by atoms with Crippen molar-refractivity contribution in [2.24, 2.45) is 0 Å². The largest absolute Gasteiger partial charge is 0.461 e. The van der Waals surface area contributed by atoms with Gasteiger partial charge in [-0.15, -0.1) is 0 Å². The molecule has 0 aliphatic rings. The lowest BCUT2D eigenvalue weighted by Gasteiger charge is -2.13. The number of nitrogens with zero attached hydrogens (tertiary/aromatic N) is 4. The van der Waals surface area contributed by atoms with E-state index in [0.29, 0.717) is 12.1 Å². The lowest BCUT2D eigenvalue weighted by atomic mass is 10.2. The minimum Gasteiger partial charge on any atom is -0.461 e. The summed E-state index contributed by atoms with van der Waals surface area (Å²) in [4.78, 5) is 25.8. The Bertz CT molecular complexity index is 1730. The molecule has 0 spiro atoms. The second-order valence-electron chi connectivity index (χ2n) is 9.53. The zero-order valence-corrected chi connectivity index (χ0v) is 27.9. The van der Waals surface area contributed by atoms with Gasteiger partial charge in [-0.1, -0.05) is 23.2 Å². The van der Waals surface area contributed by atoms with E-state index < -0.39 is 79.9 Å². The van der Waals surface area contributed by atoms with Crippen molar-refractivity contribution in [3.63, 3.8) is 0 Å². The molecular formula is C28H20Cl2F8N4O4S2. The van der Waals surface area contributed by atoms with Gasteiger partial charge in [0.1, 0.15) is 11.4 Å². The summed E-state index contributed by atoms with van der Waals surface area (Å²) < 4.78 is 121. The van der Waals surface area contributed by atoms with Crippen molar-refractivity contribution in [3.8, 4) is 11.4 Å². The van der Waals surface area contributed by atoms with Gasteiger partial charge in [-0.25, -0.2) is 27.7 Å². The molecule has 0 unspecified atom stereocenters. The van der Waals surface area contributed by atoms with Crippen LogP contribution in [0, 0.1) is 25.5 Å². The van der Waals surface area contributed by atoms with E-state index in [2.05, 4.69) is 10.2 Å². The summed E-state index contributed by atoms with van der Waals surface area (Å²) in [6, 6.07) is 1.40. The number of carbonyl (C=O) groups is 2. The van der Waals surface area contributed by atoms with Gasteiger partial charge >= 0.3 is 24.3 Å². The average molecular weight is 764 g/mol. The van der Waals surface area contributed by atoms with Crippen LogP contribution in [0.5, 0.6) is 0 Å². The van der Waals surface area contributed by atoms with Crippen molar-refractivity contribution in [2.75, 3.05) is 13.2 Å². The Labute approximate surface area is 284 Å². The molecule has 8 nitrogen and oxygen atoms in total. The zero-order valence-electron chi connectivity index (χ0n) is 24.7. The number of esters is 2. The predicted molar refractivity (Wildman–Crippen MR) is 160 cm³/mol. The molecular weight excluding hydrogens is 743 g/mol. The molecule has 2 heterocycles. The number of alkyl halides is 6. The maximum Gasteiger partial charge on any atom is 0.416 e. The van der Waals surface area contributed by atoms with Gasteiger partial charge < -0.3 is 9.47 Å². The highest BCUT2D eigenvalue weighted by molar-refractivity contribution is 8.76. The van der Waals surface area contributed by atoms with Crippen LogP contribution in [0.2, 0.25) is 10.0 Å². The number of hydrogen-bond donors (Lipinski definition) is 0. The molecule has 0 aliphatic carbocycles. The number of ether oxygens (including phenoxy) is 2. The molecule has 2 aromatic carbocycles. The topological polar surface area (TPSA) is 88.2 Å². The van der Waals surface area contributed by atoms with Crippen LogP contribution in [0.4, 0.5) is 35.1 Å². The molecule has 258 valence electrons. The first-order chi connectivity index (χ1) is 22.3. The highest BCUT2D eigenvalue weighted by atomic mass is 35.5. The van der Waals surface area contributed by atoms with Crippen molar-refractivity contribution in [1.82, 2.24) is 19.6 Å². The van der Waals surface area contributed by atoms with E-state index >= 15 is 8.78 Å². The normalized spacial score (nSPS) is 12.0. The molecule has 4 rings (SSSR count). The lowest BCUT2D eigenvalue weighted by Crippen LogP contribution is -2.10. The fourth-order valence-corrected chi connectivity index (χ4v) is 7.48.